The van der Waals surface area contributed by atoms with Crippen molar-refractivity contribution in [3.05, 3.63) is 24.4 Å². The van der Waals surface area contributed by atoms with Gasteiger partial charge in [-0.15, -0.1) is 6.58 Å². The van der Waals surface area contributed by atoms with Gasteiger partial charge in [-0.25, -0.2) is 4.98 Å². The second-order valence-corrected chi connectivity index (χ2v) is 5.49. The lowest BCUT2D eigenvalue weighted by Crippen LogP contribution is -2.30. The van der Waals surface area contributed by atoms with Crippen molar-refractivity contribution in [1.82, 2.24) is 9.97 Å². The molecule has 5 N–H and O–H groups in total. The highest BCUT2D eigenvalue weighted by Gasteiger charge is 2.21. The highest BCUT2D eigenvalue weighted by atomic mass is 16.3. The molecule has 0 aromatic carbocycles. The first-order chi connectivity index (χ1) is 10.6. The van der Waals surface area contributed by atoms with Crippen molar-refractivity contribution in [2.75, 3.05) is 17.2 Å². The molecule has 0 spiro atoms. The zero-order chi connectivity index (χ0) is 15.9. The van der Waals surface area contributed by atoms with Gasteiger partial charge in [0, 0.05) is 18.8 Å². The van der Waals surface area contributed by atoms with Gasteiger partial charge in [-0.2, -0.15) is 4.98 Å². The monoisotopic (exact) mass is 305 g/mol. The quantitative estimate of drug-likeness (QED) is 0.446. The topological polar surface area (TPSA) is 113 Å². The van der Waals surface area contributed by atoms with Crippen LogP contribution < -0.4 is 16.4 Å². The van der Waals surface area contributed by atoms with Crippen LogP contribution in [-0.2, 0) is 0 Å². The zero-order valence-electron chi connectivity index (χ0n) is 12.6. The summed E-state index contributed by atoms with van der Waals surface area (Å²) in [6.07, 6.45) is 7.14. The molecule has 1 heterocycles. The van der Waals surface area contributed by atoms with Crippen LogP contribution in [0.4, 0.5) is 11.8 Å². The molecule has 1 saturated carbocycles. The number of aliphatic hydroxyl groups is 1. The number of primary amides is 1. The van der Waals surface area contributed by atoms with Crippen molar-refractivity contribution < 1.29 is 9.90 Å². The number of amides is 1. The minimum Gasteiger partial charge on any atom is -0.393 e. The minimum absolute atomic E-state index is 0.143. The SMILES string of the molecule is C=CCCNc1nc(NC2CCCC(O)C2)ncc1C(N)=O. The van der Waals surface area contributed by atoms with Crippen LogP contribution in [0.5, 0.6) is 0 Å². The Hall–Kier alpha value is -2.15. The van der Waals surface area contributed by atoms with Crippen LogP contribution in [0.15, 0.2) is 18.9 Å². The third kappa shape index (κ3) is 4.42. The average molecular weight is 305 g/mol. The number of nitrogens with one attached hydrogen (secondary N) is 2. The van der Waals surface area contributed by atoms with Gasteiger partial charge < -0.3 is 21.5 Å². The van der Waals surface area contributed by atoms with Crippen LogP contribution in [0, 0.1) is 0 Å². The molecule has 7 nitrogen and oxygen atoms in total. The van der Waals surface area contributed by atoms with Crippen molar-refractivity contribution in [3.63, 3.8) is 0 Å². The van der Waals surface area contributed by atoms with Gasteiger partial charge in [0.1, 0.15) is 5.82 Å². The van der Waals surface area contributed by atoms with E-state index in [1.807, 2.05) is 0 Å². The number of carbonyl (C=O) groups excluding carboxylic acids is 1. The van der Waals surface area contributed by atoms with E-state index in [4.69, 9.17) is 5.73 Å². The van der Waals surface area contributed by atoms with E-state index in [1.54, 1.807) is 6.08 Å². The Morgan fingerprint density at radius 1 is 1.55 bits per heavy atom. The predicted molar refractivity (Wildman–Crippen MR) is 85.7 cm³/mol. The average Bonchev–Trinajstić information content (AvgIpc) is 2.47. The second kappa shape index (κ2) is 7.74. The number of anilines is 2. The van der Waals surface area contributed by atoms with Crippen LogP contribution in [0.2, 0.25) is 0 Å². The number of aromatic nitrogens is 2. The third-order valence-corrected chi connectivity index (χ3v) is 3.67. The van der Waals surface area contributed by atoms with Crippen molar-refractivity contribution in [1.29, 1.82) is 0 Å². The summed E-state index contributed by atoms with van der Waals surface area (Å²) in [6, 6.07) is 0.143. The number of aliphatic hydroxyl groups excluding tert-OH is 1. The lowest BCUT2D eigenvalue weighted by Gasteiger charge is -2.26. The fraction of sp³-hybridized carbons (Fsp3) is 0.533. The van der Waals surface area contributed by atoms with Crippen LogP contribution in [0.1, 0.15) is 42.5 Å². The van der Waals surface area contributed by atoms with E-state index >= 15 is 0 Å². The summed E-state index contributed by atoms with van der Waals surface area (Å²) in [5.74, 6) is 0.286. The van der Waals surface area contributed by atoms with Crippen LogP contribution >= 0.6 is 0 Å². The minimum atomic E-state index is -0.569. The molecule has 22 heavy (non-hydrogen) atoms. The molecule has 2 rings (SSSR count). The summed E-state index contributed by atoms with van der Waals surface area (Å²) in [7, 11) is 0. The molecule has 1 fully saturated rings. The van der Waals surface area contributed by atoms with Gasteiger partial charge in [-0.3, -0.25) is 4.79 Å². The lowest BCUT2D eigenvalue weighted by atomic mass is 9.93. The fourth-order valence-corrected chi connectivity index (χ4v) is 2.54. The van der Waals surface area contributed by atoms with E-state index in [-0.39, 0.29) is 17.7 Å². The Balaban J connectivity index is 2.09. The summed E-state index contributed by atoms with van der Waals surface area (Å²) in [5.41, 5.74) is 5.60. The first-order valence-corrected chi connectivity index (χ1v) is 7.56. The second-order valence-electron chi connectivity index (χ2n) is 5.49. The van der Waals surface area contributed by atoms with E-state index in [1.165, 1.54) is 6.20 Å². The largest absolute Gasteiger partial charge is 0.393 e. The smallest absolute Gasteiger partial charge is 0.254 e. The molecule has 7 heteroatoms. The molecule has 1 aliphatic carbocycles. The highest BCUT2D eigenvalue weighted by molar-refractivity contribution is 5.97. The molecular weight excluding hydrogens is 282 g/mol. The van der Waals surface area contributed by atoms with E-state index in [0.29, 0.717) is 24.7 Å². The first-order valence-electron chi connectivity index (χ1n) is 7.56. The van der Waals surface area contributed by atoms with Crippen LogP contribution in [0.3, 0.4) is 0 Å². The molecule has 0 aliphatic heterocycles. The fourth-order valence-electron chi connectivity index (χ4n) is 2.54. The molecule has 0 saturated heterocycles. The highest BCUT2D eigenvalue weighted by Crippen LogP contribution is 2.22. The molecule has 1 aliphatic rings. The molecule has 1 aromatic heterocycles. The Bertz CT molecular complexity index is 535. The van der Waals surface area contributed by atoms with Crippen molar-refractivity contribution >= 4 is 17.7 Å². The first kappa shape index (κ1) is 16.2. The number of nitrogens with zero attached hydrogens (tertiary/aromatic N) is 2. The van der Waals surface area contributed by atoms with E-state index in [9.17, 15) is 9.90 Å². The number of hydrogen-bond acceptors (Lipinski definition) is 6. The molecular formula is C15H23N5O2. The lowest BCUT2D eigenvalue weighted by molar-refractivity contribution is 0.100. The Labute approximate surface area is 130 Å². The van der Waals surface area contributed by atoms with Gasteiger partial charge in [0.2, 0.25) is 5.95 Å². The maximum Gasteiger partial charge on any atom is 0.254 e. The van der Waals surface area contributed by atoms with Crippen molar-refractivity contribution in [3.8, 4) is 0 Å². The molecule has 0 radical (unpaired) electrons. The van der Waals surface area contributed by atoms with Gasteiger partial charge in [-0.05, 0) is 32.1 Å². The number of nitrogens with two attached hydrogens (primary N) is 1. The summed E-state index contributed by atoms with van der Waals surface area (Å²) < 4.78 is 0. The molecule has 1 aromatic rings. The van der Waals surface area contributed by atoms with Gasteiger partial charge >= 0.3 is 0 Å². The van der Waals surface area contributed by atoms with Crippen LogP contribution in [-0.4, -0.2) is 39.7 Å². The number of hydrogen-bond donors (Lipinski definition) is 4. The predicted octanol–water partition coefficient (Wildman–Crippen LogP) is 1.28. The zero-order valence-corrected chi connectivity index (χ0v) is 12.6. The normalized spacial score (nSPS) is 21.1. The molecule has 120 valence electrons. The van der Waals surface area contributed by atoms with E-state index in [2.05, 4.69) is 27.2 Å². The van der Waals surface area contributed by atoms with Gasteiger partial charge in [0.15, 0.2) is 0 Å². The molecule has 2 unspecified atom stereocenters. The van der Waals surface area contributed by atoms with E-state index in [0.717, 1.165) is 25.7 Å². The maximum atomic E-state index is 11.4. The van der Waals surface area contributed by atoms with Crippen LogP contribution in [0.25, 0.3) is 0 Å². The van der Waals surface area contributed by atoms with E-state index < -0.39 is 5.91 Å². The Morgan fingerprint density at radius 2 is 2.36 bits per heavy atom. The Kier molecular flexibility index (Phi) is 5.71. The summed E-state index contributed by atoms with van der Waals surface area (Å²) in [4.78, 5) is 19.9. The molecule has 2 atom stereocenters. The van der Waals surface area contributed by atoms with Crippen molar-refractivity contribution in [2.45, 2.75) is 44.2 Å². The molecule has 1 amide bonds. The number of carbonyl (C=O) groups is 1. The Morgan fingerprint density at radius 3 is 3.05 bits per heavy atom. The molecule has 0 bridgehead atoms. The standard InChI is InChI=1S/C15H23N5O2/c1-2-3-7-17-14-12(13(16)22)9-18-15(20-14)19-10-5-4-6-11(21)8-10/h2,9-11,21H,1,3-8H2,(H2,16,22)(H2,17,18,19,20). The maximum absolute atomic E-state index is 11.4. The van der Waals surface area contributed by atoms with Crippen molar-refractivity contribution in [2.24, 2.45) is 5.73 Å². The van der Waals surface area contributed by atoms with Gasteiger partial charge in [0.05, 0.1) is 11.7 Å². The summed E-state index contributed by atoms with van der Waals surface area (Å²) in [5, 5.41) is 16.0. The number of rotatable bonds is 7. The summed E-state index contributed by atoms with van der Waals surface area (Å²) in [6.45, 7) is 4.26. The third-order valence-electron chi connectivity index (χ3n) is 3.67. The van der Waals surface area contributed by atoms with Gasteiger partial charge in [0.25, 0.3) is 5.91 Å². The summed E-state index contributed by atoms with van der Waals surface area (Å²) >= 11 is 0. The van der Waals surface area contributed by atoms with Gasteiger partial charge in [-0.1, -0.05) is 6.08 Å².